The summed E-state index contributed by atoms with van der Waals surface area (Å²) in [6.45, 7) is 3.97. The topological polar surface area (TPSA) is 40.5 Å². The lowest BCUT2D eigenvalue weighted by Crippen LogP contribution is -2.33. The number of hydrogen-bond acceptors (Lipinski definition) is 2. The van der Waals surface area contributed by atoms with Crippen molar-refractivity contribution in [1.82, 2.24) is 4.90 Å². The predicted octanol–water partition coefficient (Wildman–Crippen LogP) is 3.20. The number of carboxylic acid groups (broad SMARTS) is 1. The monoisotopic (exact) mass is 255 g/mol. The Morgan fingerprint density at radius 3 is 2.35 bits per heavy atom. The second-order valence-corrected chi connectivity index (χ2v) is 4.78. The Kier molecular flexibility index (Phi) is 4.97. The van der Waals surface area contributed by atoms with Crippen molar-refractivity contribution < 1.29 is 9.90 Å². The third-order valence-corrected chi connectivity index (χ3v) is 3.38. The van der Waals surface area contributed by atoms with E-state index in [-0.39, 0.29) is 18.5 Å². The van der Waals surface area contributed by atoms with Crippen molar-refractivity contribution >= 4 is 17.6 Å². The van der Waals surface area contributed by atoms with Gasteiger partial charge in [0.25, 0.3) is 0 Å². The molecule has 0 aliphatic heterocycles. The number of carbonyl (C=O) groups is 1. The summed E-state index contributed by atoms with van der Waals surface area (Å²) < 4.78 is 0. The summed E-state index contributed by atoms with van der Waals surface area (Å²) in [5.74, 6) is -0.771. The number of nitrogens with zero attached hydrogens (tertiary/aromatic N) is 1. The van der Waals surface area contributed by atoms with Crippen LogP contribution in [0, 0.1) is 0 Å². The van der Waals surface area contributed by atoms with E-state index in [0.29, 0.717) is 5.02 Å². The van der Waals surface area contributed by atoms with E-state index in [2.05, 4.69) is 11.8 Å². The molecule has 0 saturated carbocycles. The minimum Gasteiger partial charge on any atom is -0.481 e. The lowest BCUT2D eigenvalue weighted by Gasteiger charge is -2.30. The molecular weight excluding hydrogens is 238 g/mol. The zero-order valence-corrected chi connectivity index (χ0v) is 11.1. The number of halogens is 1. The van der Waals surface area contributed by atoms with E-state index in [1.807, 2.05) is 38.2 Å². The molecule has 0 aromatic heterocycles. The molecule has 0 aliphatic carbocycles. The smallest absolute Gasteiger partial charge is 0.304 e. The van der Waals surface area contributed by atoms with Gasteiger partial charge in [-0.2, -0.15) is 0 Å². The summed E-state index contributed by atoms with van der Waals surface area (Å²) in [4.78, 5) is 12.7. The SMILES string of the molecule is CC(CC(=O)O)N(C)C(C)c1ccc(Cl)cc1. The van der Waals surface area contributed by atoms with Crippen LogP contribution in [0.2, 0.25) is 5.02 Å². The molecule has 17 heavy (non-hydrogen) atoms. The van der Waals surface area contributed by atoms with Crippen LogP contribution in [0.3, 0.4) is 0 Å². The molecular formula is C13H18ClNO2. The minimum absolute atomic E-state index is 0.00169. The van der Waals surface area contributed by atoms with E-state index in [4.69, 9.17) is 16.7 Å². The van der Waals surface area contributed by atoms with Crippen molar-refractivity contribution in [2.24, 2.45) is 0 Å². The van der Waals surface area contributed by atoms with E-state index in [9.17, 15) is 4.79 Å². The van der Waals surface area contributed by atoms with E-state index in [0.717, 1.165) is 5.56 Å². The van der Waals surface area contributed by atoms with Gasteiger partial charge in [0.05, 0.1) is 6.42 Å². The van der Waals surface area contributed by atoms with Gasteiger partial charge in [-0.25, -0.2) is 0 Å². The quantitative estimate of drug-likeness (QED) is 0.878. The van der Waals surface area contributed by atoms with Crippen LogP contribution in [0.4, 0.5) is 0 Å². The van der Waals surface area contributed by atoms with Gasteiger partial charge in [0.15, 0.2) is 0 Å². The summed E-state index contributed by atoms with van der Waals surface area (Å²) >= 11 is 5.84. The van der Waals surface area contributed by atoms with E-state index >= 15 is 0 Å². The predicted molar refractivity (Wildman–Crippen MR) is 69.3 cm³/mol. The van der Waals surface area contributed by atoms with Gasteiger partial charge in [0, 0.05) is 17.1 Å². The lowest BCUT2D eigenvalue weighted by molar-refractivity contribution is -0.138. The van der Waals surface area contributed by atoms with Gasteiger partial charge in [0.1, 0.15) is 0 Å². The van der Waals surface area contributed by atoms with Crippen LogP contribution in [-0.2, 0) is 4.79 Å². The third-order valence-electron chi connectivity index (χ3n) is 3.13. The normalized spacial score (nSPS) is 14.6. The third kappa shape index (κ3) is 4.02. The lowest BCUT2D eigenvalue weighted by atomic mass is 10.1. The Labute approximate surface area is 107 Å². The summed E-state index contributed by atoms with van der Waals surface area (Å²) in [6.07, 6.45) is 0.147. The zero-order chi connectivity index (χ0) is 13.0. The van der Waals surface area contributed by atoms with Gasteiger partial charge in [-0.1, -0.05) is 23.7 Å². The van der Waals surface area contributed by atoms with E-state index < -0.39 is 5.97 Å². The van der Waals surface area contributed by atoms with E-state index in [1.165, 1.54) is 0 Å². The molecule has 2 atom stereocenters. The highest BCUT2D eigenvalue weighted by atomic mass is 35.5. The number of hydrogen-bond donors (Lipinski definition) is 1. The summed E-state index contributed by atoms with van der Waals surface area (Å²) in [5.41, 5.74) is 1.13. The molecule has 1 N–H and O–H groups in total. The molecule has 3 nitrogen and oxygen atoms in total. The maximum absolute atomic E-state index is 10.7. The molecule has 1 aromatic rings. The first-order chi connectivity index (χ1) is 7.91. The van der Waals surface area contributed by atoms with Crippen LogP contribution in [0.25, 0.3) is 0 Å². The Morgan fingerprint density at radius 1 is 1.35 bits per heavy atom. The van der Waals surface area contributed by atoms with E-state index in [1.54, 1.807) is 0 Å². The largest absolute Gasteiger partial charge is 0.481 e. The van der Waals surface area contributed by atoms with Gasteiger partial charge < -0.3 is 5.11 Å². The van der Waals surface area contributed by atoms with Crippen molar-refractivity contribution in [3.63, 3.8) is 0 Å². The first-order valence-electron chi connectivity index (χ1n) is 5.61. The van der Waals surface area contributed by atoms with Crippen LogP contribution < -0.4 is 0 Å². The molecule has 0 bridgehead atoms. The molecule has 0 saturated heterocycles. The first-order valence-corrected chi connectivity index (χ1v) is 5.98. The molecule has 0 amide bonds. The van der Waals surface area contributed by atoms with Crippen LogP contribution in [0.5, 0.6) is 0 Å². The summed E-state index contributed by atoms with van der Waals surface area (Å²) in [5, 5.41) is 9.49. The molecule has 1 aromatic carbocycles. The second-order valence-electron chi connectivity index (χ2n) is 4.34. The first kappa shape index (κ1) is 14.0. The average Bonchev–Trinajstić information content (AvgIpc) is 2.27. The van der Waals surface area contributed by atoms with Gasteiger partial charge in [-0.05, 0) is 38.6 Å². The molecule has 4 heteroatoms. The Morgan fingerprint density at radius 2 is 1.88 bits per heavy atom. The van der Waals surface area contributed by atoms with Crippen LogP contribution in [0.1, 0.15) is 31.9 Å². The Bertz CT molecular complexity index is 378. The fourth-order valence-electron chi connectivity index (χ4n) is 1.75. The van der Waals surface area contributed by atoms with Crippen molar-refractivity contribution in [3.05, 3.63) is 34.9 Å². The highest BCUT2D eigenvalue weighted by Crippen LogP contribution is 2.23. The van der Waals surface area contributed by atoms with Crippen LogP contribution in [0.15, 0.2) is 24.3 Å². The number of benzene rings is 1. The Balaban J connectivity index is 2.71. The fraction of sp³-hybridized carbons (Fsp3) is 0.462. The molecule has 0 spiro atoms. The average molecular weight is 256 g/mol. The maximum Gasteiger partial charge on any atom is 0.304 e. The minimum atomic E-state index is -0.771. The van der Waals surface area contributed by atoms with Gasteiger partial charge in [-0.3, -0.25) is 9.69 Å². The second kappa shape index (κ2) is 6.03. The van der Waals surface area contributed by atoms with Crippen LogP contribution in [-0.4, -0.2) is 29.1 Å². The van der Waals surface area contributed by atoms with Crippen molar-refractivity contribution in [2.75, 3.05) is 7.05 Å². The zero-order valence-electron chi connectivity index (χ0n) is 10.4. The fourth-order valence-corrected chi connectivity index (χ4v) is 1.88. The van der Waals surface area contributed by atoms with Crippen molar-refractivity contribution in [3.8, 4) is 0 Å². The maximum atomic E-state index is 10.7. The van der Waals surface area contributed by atoms with Crippen molar-refractivity contribution in [1.29, 1.82) is 0 Å². The van der Waals surface area contributed by atoms with Gasteiger partial charge in [0.2, 0.25) is 0 Å². The summed E-state index contributed by atoms with van der Waals surface area (Å²) in [6, 6.07) is 7.81. The highest BCUT2D eigenvalue weighted by molar-refractivity contribution is 6.30. The Hall–Kier alpha value is -1.06. The number of rotatable bonds is 5. The molecule has 0 aliphatic rings. The van der Waals surface area contributed by atoms with Gasteiger partial charge in [-0.15, -0.1) is 0 Å². The molecule has 1 rings (SSSR count). The molecule has 94 valence electrons. The molecule has 0 heterocycles. The van der Waals surface area contributed by atoms with Crippen molar-refractivity contribution in [2.45, 2.75) is 32.4 Å². The molecule has 0 fully saturated rings. The highest BCUT2D eigenvalue weighted by Gasteiger charge is 2.19. The number of carboxylic acids is 1. The van der Waals surface area contributed by atoms with Crippen LogP contribution >= 0.6 is 11.6 Å². The molecule has 2 unspecified atom stereocenters. The standard InChI is InChI=1S/C13H18ClNO2/c1-9(8-13(16)17)15(3)10(2)11-4-6-12(14)7-5-11/h4-7,9-10H,8H2,1-3H3,(H,16,17). The van der Waals surface area contributed by atoms with Gasteiger partial charge >= 0.3 is 5.97 Å². The number of aliphatic carboxylic acids is 1. The molecule has 0 radical (unpaired) electrons. The summed E-state index contributed by atoms with van der Waals surface area (Å²) in [7, 11) is 1.94.